The van der Waals surface area contributed by atoms with Crippen LogP contribution in [0.5, 0.6) is 5.75 Å². The molecule has 2 fully saturated rings. The molecule has 0 bridgehead atoms. The van der Waals surface area contributed by atoms with Crippen molar-refractivity contribution >= 4 is 17.6 Å². The number of rotatable bonds is 5. The molecule has 1 N–H and O–H groups in total. The van der Waals surface area contributed by atoms with E-state index in [1.54, 1.807) is 30.3 Å². The van der Waals surface area contributed by atoms with Crippen molar-refractivity contribution in [2.24, 2.45) is 11.8 Å². The van der Waals surface area contributed by atoms with E-state index >= 15 is 0 Å². The molecular formula is C23H25ClFNO4. The number of para-hydroxylation sites is 1. The molecule has 1 saturated carbocycles. The summed E-state index contributed by atoms with van der Waals surface area (Å²) < 4.78 is 24.2. The Morgan fingerprint density at radius 1 is 1.20 bits per heavy atom. The number of aliphatic hydroxyl groups excluding tert-OH is 1. The lowest BCUT2D eigenvalue weighted by Gasteiger charge is -2.35. The van der Waals surface area contributed by atoms with Crippen LogP contribution in [0.4, 0.5) is 4.39 Å². The van der Waals surface area contributed by atoms with Gasteiger partial charge in [-0.05, 0) is 54.5 Å². The molecule has 1 aliphatic heterocycles. The zero-order valence-electron chi connectivity index (χ0n) is 16.8. The molecule has 4 atom stereocenters. The fourth-order valence-electron chi connectivity index (χ4n) is 4.65. The second-order valence-electron chi connectivity index (χ2n) is 8.13. The molecule has 1 heterocycles. The number of methoxy groups -OCH3 is 1. The van der Waals surface area contributed by atoms with Crippen molar-refractivity contribution in [2.75, 3.05) is 20.2 Å². The second-order valence-corrected chi connectivity index (χ2v) is 8.54. The normalized spacial score (nSPS) is 26.3. The molecule has 2 aromatic carbocycles. The van der Waals surface area contributed by atoms with Gasteiger partial charge in [0.15, 0.2) is 0 Å². The predicted molar refractivity (Wildman–Crippen MR) is 111 cm³/mol. The summed E-state index contributed by atoms with van der Waals surface area (Å²) in [5.74, 6) is 0.379. The van der Waals surface area contributed by atoms with E-state index in [4.69, 9.17) is 21.1 Å². The highest BCUT2D eigenvalue weighted by molar-refractivity contribution is 6.31. The summed E-state index contributed by atoms with van der Waals surface area (Å²) in [6.07, 6.45) is 0.357. The summed E-state index contributed by atoms with van der Waals surface area (Å²) in [4.78, 5) is 14.3. The highest BCUT2D eigenvalue weighted by Crippen LogP contribution is 2.39. The molecule has 0 radical (unpaired) electrons. The van der Waals surface area contributed by atoms with E-state index < -0.39 is 12.1 Å². The smallest absolute Gasteiger partial charge is 0.341 e. The van der Waals surface area contributed by atoms with Gasteiger partial charge in [0.1, 0.15) is 23.2 Å². The Morgan fingerprint density at radius 2 is 1.93 bits per heavy atom. The first-order chi connectivity index (χ1) is 14.4. The number of halogens is 2. The molecular weight excluding hydrogens is 409 g/mol. The highest BCUT2D eigenvalue weighted by atomic mass is 35.5. The van der Waals surface area contributed by atoms with Gasteiger partial charge in [0.25, 0.3) is 0 Å². The molecule has 2 aliphatic rings. The van der Waals surface area contributed by atoms with E-state index in [9.17, 15) is 14.3 Å². The van der Waals surface area contributed by atoms with Crippen molar-refractivity contribution < 1.29 is 23.8 Å². The topological polar surface area (TPSA) is 59.0 Å². The Morgan fingerprint density at radius 3 is 2.67 bits per heavy atom. The zero-order valence-corrected chi connectivity index (χ0v) is 17.5. The standard InChI is InChI=1S/C23H25ClFNO4/c1-29-23(28)18-4-2-3-5-21(18)30-22-9-16-13-26(12-15(16)8-20(22)27)11-14-6-7-17(25)10-19(14)24/h2-7,10,15-16,20,22,27H,8-9,11-13H2,1H3/t15-,16+,20+,22+/m0/s1. The van der Waals surface area contributed by atoms with Gasteiger partial charge in [-0.25, -0.2) is 9.18 Å². The van der Waals surface area contributed by atoms with Crippen LogP contribution in [0, 0.1) is 17.7 Å². The average molecular weight is 434 g/mol. The number of benzene rings is 2. The van der Waals surface area contributed by atoms with Crippen molar-refractivity contribution in [3.8, 4) is 5.75 Å². The number of fused-ring (bicyclic) bond motifs is 1. The Labute approximate surface area is 180 Å². The third-order valence-corrected chi connectivity index (χ3v) is 6.49. The van der Waals surface area contributed by atoms with Crippen molar-refractivity contribution in [3.05, 3.63) is 64.4 Å². The Balaban J connectivity index is 1.42. The molecule has 160 valence electrons. The van der Waals surface area contributed by atoms with Crippen LogP contribution in [-0.4, -0.2) is 48.4 Å². The van der Waals surface area contributed by atoms with Gasteiger partial charge in [0.2, 0.25) is 0 Å². The zero-order chi connectivity index (χ0) is 21.3. The molecule has 0 aromatic heterocycles. The van der Waals surface area contributed by atoms with Crippen LogP contribution in [-0.2, 0) is 11.3 Å². The first-order valence-electron chi connectivity index (χ1n) is 10.1. The maximum Gasteiger partial charge on any atom is 0.341 e. The molecule has 0 amide bonds. The summed E-state index contributed by atoms with van der Waals surface area (Å²) in [5.41, 5.74) is 1.25. The number of hydrogen-bond acceptors (Lipinski definition) is 5. The Kier molecular flexibility index (Phi) is 6.27. The van der Waals surface area contributed by atoms with Gasteiger partial charge in [0.05, 0.1) is 13.2 Å². The summed E-state index contributed by atoms with van der Waals surface area (Å²) in [7, 11) is 1.33. The summed E-state index contributed by atoms with van der Waals surface area (Å²) >= 11 is 6.19. The average Bonchev–Trinajstić information content (AvgIpc) is 3.11. The predicted octanol–water partition coefficient (Wildman–Crippen LogP) is 3.92. The van der Waals surface area contributed by atoms with Crippen molar-refractivity contribution in [1.82, 2.24) is 4.90 Å². The quantitative estimate of drug-likeness (QED) is 0.724. The SMILES string of the molecule is COC(=O)c1ccccc1O[C@@H]1C[C@@H]2CN(Cc3ccc(F)cc3Cl)C[C@@H]2C[C@H]1O. The number of likely N-dealkylation sites (tertiary alicyclic amines) is 1. The van der Waals surface area contributed by atoms with Crippen LogP contribution in [0.1, 0.15) is 28.8 Å². The van der Waals surface area contributed by atoms with E-state index in [0.717, 1.165) is 18.7 Å². The number of hydrogen-bond donors (Lipinski definition) is 1. The molecule has 1 saturated heterocycles. The highest BCUT2D eigenvalue weighted by Gasteiger charge is 2.43. The van der Waals surface area contributed by atoms with Gasteiger partial charge in [-0.1, -0.05) is 29.8 Å². The molecule has 5 nitrogen and oxygen atoms in total. The minimum absolute atomic E-state index is 0.339. The van der Waals surface area contributed by atoms with E-state index in [2.05, 4.69) is 4.90 Å². The van der Waals surface area contributed by atoms with E-state index in [1.807, 2.05) is 0 Å². The van der Waals surface area contributed by atoms with E-state index in [1.165, 1.54) is 19.2 Å². The molecule has 30 heavy (non-hydrogen) atoms. The maximum absolute atomic E-state index is 13.3. The lowest BCUT2D eigenvalue weighted by Crippen LogP contribution is -2.42. The Bertz CT molecular complexity index is 924. The van der Waals surface area contributed by atoms with Gasteiger partial charge < -0.3 is 14.6 Å². The van der Waals surface area contributed by atoms with Gasteiger partial charge in [-0.3, -0.25) is 4.90 Å². The number of aliphatic hydroxyl groups is 1. The third kappa shape index (κ3) is 4.46. The van der Waals surface area contributed by atoms with Crippen LogP contribution in [0.2, 0.25) is 5.02 Å². The minimum atomic E-state index is -0.605. The van der Waals surface area contributed by atoms with Gasteiger partial charge in [-0.2, -0.15) is 0 Å². The van der Waals surface area contributed by atoms with Crippen LogP contribution in [0.3, 0.4) is 0 Å². The summed E-state index contributed by atoms with van der Waals surface area (Å²) in [6.45, 7) is 2.38. The third-order valence-electron chi connectivity index (χ3n) is 6.14. The minimum Gasteiger partial charge on any atom is -0.487 e. The number of ether oxygens (including phenoxy) is 2. The van der Waals surface area contributed by atoms with Crippen LogP contribution in [0.15, 0.2) is 42.5 Å². The fourth-order valence-corrected chi connectivity index (χ4v) is 4.87. The molecule has 2 aromatic rings. The monoisotopic (exact) mass is 433 g/mol. The fraction of sp³-hybridized carbons (Fsp3) is 0.435. The number of nitrogens with zero attached hydrogens (tertiary/aromatic N) is 1. The van der Waals surface area contributed by atoms with Gasteiger partial charge >= 0.3 is 5.97 Å². The van der Waals surface area contributed by atoms with E-state index in [-0.39, 0.29) is 11.9 Å². The molecule has 1 aliphatic carbocycles. The van der Waals surface area contributed by atoms with E-state index in [0.29, 0.717) is 47.6 Å². The Hall–Kier alpha value is -2.15. The first kappa shape index (κ1) is 21.1. The molecule has 0 unspecified atom stereocenters. The van der Waals surface area contributed by atoms with Crippen LogP contribution >= 0.6 is 11.6 Å². The lowest BCUT2D eigenvalue weighted by molar-refractivity contribution is -0.0237. The number of esters is 1. The lowest BCUT2D eigenvalue weighted by atomic mass is 9.78. The molecule has 0 spiro atoms. The van der Waals surface area contributed by atoms with Crippen molar-refractivity contribution in [1.29, 1.82) is 0 Å². The van der Waals surface area contributed by atoms with Crippen molar-refractivity contribution in [2.45, 2.75) is 31.6 Å². The van der Waals surface area contributed by atoms with Crippen LogP contribution < -0.4 is 4.74 Å². The maximum atomic E-state index is 13.3. The van der Waals surface area contributed by atoms with Crippen LogP contribution in [0.25, 0.3) is 0 Å². The van der Waals surface area contributed by atoms with Gasteiger partial charge in [-0.15, -0.1) is 0 Å². The summed E-state index contributed by atoms with van der Waals surface area (Å²) in [5, 5.41) is 11.1. The number of carbonyl (C=O) groups excluding carboxylic acids is 1. The largest absolute Gasteiger partial charge is 0.487 e. The second kappa shape index (κ2) is 8.92. The summed E-state index contributed by atoms with van der Waals surface area (Å²) in [6, 6.07) is 11.4. The van der Waals surface area contributed by atoms with Crippen molar-refractivity contribution in [3.63, 3.8) is 0 Å². The molecule has 4 rings (SSSR count). The number of carbonyl (C=O) groups is 1. The molecule has 7 heteroatoms. The first-order valence-corrected chi connectivity index (χ1v) is 10.5. The van der Waals surface area contributed by atoms with Gasteiger partial charge in [0, 0.05) is 24.7 Å².